The molecule has 0 aliphatic carbocycles. The number of methoxy groups -OCH3 is 1. The molecule has 10 nitrogen and oxygen atoms in total. The van der Waals surface area contributed by atoms with Gasteiger partial charge in [-0.2, -0.15) is 0 Å². The van der Waals surface area contributed by atoms with Crippen LogP contribution < -0.4 is 9.47 Å². The van der Waals surface area contributed by atoms with Crippen molar-refractivity contribution in [3.63, 3.8) is 0 Å². The predicted molar refractivity (Wildman–Crippen MR) is 110 cm³/mol. The first-order chi connectivity index (χ1) is 15.2. The largest absolute Gasteiger partial charge is 0.508 e. The minimum absolute atomic E-state index is 0.00426. The monoisotopic (exact) mass is 450 g/mol. The van der Waals surface area contributed by atoms with Crippen LogP contribution in [-0.2, 0) is 11.2 Å². The summed E-state index contributed by atoms with van der Waals surface area (Å²) in [5, 5.41) is 59.3. The van der Waals surface area contributed by atoms with Crippen molar-refractivity contribution in [1.29, 1.82) is 0 Å². The second-order valence-electron chi connectivity index (χ2n) is 7.42. The van der Waals surface area contributed by atoms with Crippen molar-refractivity contribution in [2.75, 3.05) is 13.7 Å². The number of benzene rings is 2. The quantitative estimate of drug-likeness (QED) is 0.304. The van der Waals surface area contributed by atoms with Crippen LogP contribution in [0.2, 0.25) is 0 Å². The Bertz CT molecular complexity index is 927. The number of phenols is 2. The molecule has 0 spiro atoms. The van der Waals surface area contributed by atoms with Gasteiger partial charge in [0.25, 0.3) is 0 Å². The Morgan fingerprint density at radius 3 is 2.34 bits per heavy atom. The maximum Gasteiger partial charge on any atom is 0.229 e. The van der Waals surface area contributed by atoms with Gasteiger partial charge >= 0.3 is 0 Å². The van der Waals surface area contributed by atoms with Crippen molar-refractivity contribution < 1.29 is 49.6 Å². The highest BCUT2D eigenvalue weighted by Gasteiger charge is 2.45. The molecule has 32 heavy (non-hydrogen) atoms. The molecule has 1 aliphatic rings. The van der Waals surface area contributed by atoms with Gasteiger partial charge in [-0.3, -0.25) is 4.79 Å². The smallest absolute Gasteiger partial charge is 0.229 e. The zero-order valence-electron chi connectivity index (χ0n) is 17.3. The summed E-state index contributed by atoms with van der Waals surface area (Å²) in [6.07, 6.45) is -7.36. The molecule has 5 atom stereocenters. The van der Waals surface area contributed by atoms with E-state index in [0.29, 0.717) is 6.42 Å². The van der Waals surface area contributed by atoms with Crippen molar-refractivity contribution >= 4 is 5.78 Å². The number of carbonyl (C=O) groups excluding carboxylic acids is 1. The third kappa shape index (κ3) is 5.12. The first-order valence-corrected chi connectivity index (χ1v) is 9.94. The van der Waals surface area contributed by atoms with Crippen molar-refractivity contribution in [2.24, 2.45) is 0 Å². The van der Waals surface area contributed by atoms with Crippen molar-refractivity contribution in [3.05, 3.63) is 47.5 Å². The Morgan fingerprint density at radius 2 is 1.72 bits per heavy atom. The highest BCUT2D eigenvalue weighted by atomic mass is 16.7. The summed E-state index contributed by atoms with van der Waals surface area (Å²) in [6.45, 7) is -0.646. The number of aryl methyl sites for hydroxylation is 1. The molecule has 0 bridgehead atoms. The predicted octanol–water partition coefficient (Wildman–Crippen LogP) is 0.101. The SMILES string of the molecule is COc1cc(O)c(C(=O)CCc2ccc(O)cc2)c(O[C@@H]2O[C@@H](CO)[C@@H](O)[C@@H](O)[C@H]2O)c1. The molecule has 6 N–H and O–H groups in total. The number of ether oxygens (including phenoxy) is 3. The number of rotatable bonds is 8. The fourth-order valence-corrected chi connectivity index (χ4v) is 3.40. The van der Waals surface area contributed by atoms with Crippen LogP contribution in [0.1, 0.15) is 22.3 Å². The van der Waals surface area contributed by atoms with E-state index >= 15 is 0 Å². The summed E-state index contributed by atoms with van der Waals surface area (Å²) < 4.78 is 16.0. The van der Waals surface area contributed by atoms with Gasteiger partial charge in [0.05, 0.1) is 13.7 Å². The van der Waals surface area contributed by atoms with Gasteiger partial charge in [0.15, 0.2) is 5.78 Å². The molecule has 0 unspecified atom stereocenters. The molecule has 2 aromatic rings. The summed E-state index contributed by atoms with van der Waals surface area (Å²) in [5.74, 6) is -0.792. The van der Waals surface area contributed by atoms with Crippen LogP contribution in [0.4, 0.5) is 0 Å². The highest BCUT2D eigenvalue weighted by Crippen LogP contribution is 2.36. The number of aliphatic hydroxyl groups is 4. The van der Waals surface area contributed by atoms with E-state index < -0.39 is 48.8 Å². The Balaban J connectivity index is 1.85. The molecule has 1 heterocycles. The lowest BCUT2D eigenvalue weighted by atomic mass is 9.99. The number of aromatic hydroxyl groups is 2. The van der Waals surface area contributed by atoms with Crippen LogP contribution in [0, 0.1) is 0 Å². The van der Waals surface area contributed by atoms with Gasteiger partial charge in [-0.15, -0.1) is 0 Å². The summed E-state index contributed by atoms with van der Waals surface area (Å²) in [7, 11) is 1.35. The molecular weight excluding hydrogens is 424 g/mol. The normalized spacial score (nSPS) is 25.3. The van der Waals surface area contributed by atoms with Gasteiger partial charge in [0, 0.05) is 18.6 Å². The number of carbonyl (C=O) groups is 1. The topological polar surface area (TPSA) is 166 Å². The molecule has 10 heteroatoms. The van der Waals surface area contributed by atoms with E-state index in [1.54, 1.807) is 12.1 Å². The number of ketones is 1. The molecular formula is C22H26O10. The minimum Gasteiger partial charge on any atom is -0.508 e. The van der Waals surface area contributed by atoms with Crippen molar-refractivity contribution in [3.8, 4) is 23.0 Å². The molecule has 1 fully saturated rings. The average molecular weight is 450 g/mol. The van der Waals surface area contributed by atoms with Crippen LogP contribution in [0.5, 0.6) is 23.0 Å². The molecule has 0 aromatic heterocycles. The maximum absolute atomic E-state index is 12.9. The van der Waals surface area contributed by atoms with E-state index in [9.17, 15) is 35.4 Å². The van der Waals surface area contributed by atoms with Crippen LogP contribution in [0.3, 0.4) is 0 Å². The van der Waals surface area contributed by atoms with Crippen LogP contribution in [-0.4, -0.2) is 80.8 Å². The first-order valence-electron chi connectivity index (χ1n) is 9.94. The number of phenolic OH excluding ortho intramolecular Hbond substituents is 2. The molecule has 1 saturated heterocycles. The summed E-state index contributed by atoms with van der Waals surface area (Å²) in [6, 6.07) is 8.88. The highest BCUT2D eigenvalue weighted by molar-refractivity contribution is 6.01. The first kappa shape index (κ1) is 23.8. The molecule has 0 amide bonds. The van der Waals surface area contributed by atoms with E-state index in [1.807, 2.05) is 0 Å². The van der Waals surface area contributed by atoms with Crippen LogP contribution in [0.25, 0.3) is 0 Å². The zero-order chi connectivity index (χ0) is 23.4. The Morgan fingerprint density at radius 1 is 1.03 bits per heavy atom. The molecule has 174 valence electrons. The Hall–Kier alpha value is -2.89. The van der Waals surface area contributed by atoms with Gasteiger partial charge in [-0.25, -0.2) is 0 Å². The van der Waals surface area contributed by atoms with E-state index in [0.717, 1.165) is 5.56 Å². The van der Waals surface area contributed by atoms with Crippen LogP contribution in [0.15, 0.2) is 36.4 Å². The molecule has 1 aliphatic heterocycles. The minimum atomic E-state index is -1.69. The van der Waals surface area contributed by atoms with Gasteiger partial charge in [0.2, 0.25) is 6.29 Å². The summed E-state index contributed by atoms with van der Waals surface area (Å²) in [4.78, 5) is 12.9. The molecule has 3 rings (SSSR count). The number of hydrogen-bond acceptors (Lipinski definition) is 10. The average Bonchev–Trinajstić information content (AvgIpc) is 2.78. The van der Waals surface area contributed by atoms with Gasteiger partial charge in [-0.1, -0.05) is 12.1 Å². The van der Waals surface area contributed by atoms with Gasteiger partial charge < -0.3 is 44.8 Å². The Labute approximate surface area is 183 Å². The second kappa shape index (κ2) is 10.2. The maximum atomic E-state index is 12.9. The third-order valence-corrected chi connectivity index (χ3v) is 5.24. The van der Waals surface area contributed by atoms with E-state index in [1.165, 1.54) is 31.4 Å². The fourth-order valence-electron chi connectivity index (χ4n) is 3.40. The van der Waals surface area contributed by atoms with E-state index in [2.05, 4.69) is 0 Å². The summed E-state index contributed by atoms with van der Waals surface area (Å²) in [5.41, 5.74) is 0.613. The van der Waals surface area contributed by atoms with Crippen molar-refractivity contribution in [1.82, 2.24) is 0 Å². The number of aliphatic hydroxyl groups excluding tert-OH is 4. The zero-order valence-corrected chi connectivity index (χ0v) is 17.3. The van der Waals surface area contributed by atoms with E-state index in [4.69, 9.17) is 14.2 Å². The van der Waals surface area contributed by atoms with Gasteiger partial charge in [0.1, 0.15) is 53.0 Å². The van der Waals surface area contributed by atoms with Crippen molar-refractivity contribution in [2.45, 2.75) is 43.5 Å². The van der Waals surface area contributed by atoms with Crippen LogP contribution >= 0.6 is 0 Å². The number of hydrogen-bond donors (Lipinski definition) is 6. The molecule has 0 radical (unpaired) electrons. The fraction of sp³-hybridized carbons (Fsp3) is 0.409. The third-order valence-electron chi connectivity index (χ3n) is 5.24. The Kier molecular flexibility index (Phi) is 7.54. The van der Waals surface area contributed by atoms with E-state index in [-0.39, 0.29) is 29.2 Å². The lowest BCUT2D eigenvalue weighted by Gasteiger charge is -2.39. The van der Waals surface area contributed by atoms with Gasteiger partial charge in [-0.05, 0) is 24.1 Å². The standard InChI is InChI=1S/C22H26O10/c1-30-13-8-15(26)18(14(25)7-4-11-2-5-12(24)6-3-11)16(9-13)31-22-21(29)20(28)19(27)17(10-23)32-22/h2-3,5-6,8-9,17,19-24,26-29H,4,7,10H2,1H3/t17-,19+,20+,21+,22+/m0/s1. The summed E-state index contributed by atoms with van der Waals surface area (Å²) >= 11 is 0. The second-order valence-corrected chi connectivity index (χ2v) is 7.42. The lowest BCUT2D eigenvalue weighted by molar-refractivity contribution is -0.277. The number of Topliss-reactive ketones (excluding diaryl/α,β-unsaturated/α-hetero) is 1. The lowest BCUT2D eigenvalue weighted by Crippen LogP contribution is -2.60. The molecule has 2 aromatic carbocycles. The molecule has 0 saturated carbocycles.